The average Bonchev–Trinajstić information content (AvgIpc) is 2.54. The maximum absolute atomic E-state index is 12.1. The van der Waals surface area contributed by atoms with Crippen molar-refractivity contribution >= 4 is 17.7 Å². The molecule has 3 nitrogen and oxygen atoms in total. The summed E-state index contributed by atoms with van der Waals surface area (Å²) in [5.74, 6) is -0.169. The number of hydrogen-bond donors (Lipinski definition) is 1. The predicted molar refractivity (Wildman–Crippen MR) is 86.6 cm³/mol. The highest BCUT2D eigenvalue weighted by Crippen LogP contribution is 2.17. The van der Waals surface area contributed by atoms with Gasteiger partial charge in [-0.1, -0.05) is 37.3 Å². The normalized spacial score (nSPS) is 11.0. The Morgan fingerprint density at radius 1 is 1.17 bits per heavy atom. The second kappa shape index (κ2) is 8.08. The van der Waals surface area contributed by atoms with Gasteiger partial charge in [0.15, 0.2) is 0 Å². The van der Waals surface area contributed by atoms with Crippen LogP contribution in [0.3, 0.4) is 0 Å². The van der Waals surface area contributed by atoms with Gasteiger partial charge in [0.05, 0.1) is 0 Å². The number of amides is 1. The molecule has 2 rings (SSSR count). The second-order valence-electron chi connectivity index (χ2n) is 4.78. The molecule has 120 valence electrons. The Kier molecular flexibility index (Phi) is 5.86. The Morgan fingerprint density at radius 3 is 2.52 bits per heavy atom. The molecular weight excluding hydrogens is 300 g/mol. The van der Waals surface area contributed by atoms with Crippen molar-refractivity contribution in [3.05, 3.63) is 65.7 Å². The smallest absolute Gasteiger partial charge is 0.387 e. The number of rotatable bonds is 6. The molecule has 0 aliphatic carbocycles. The van der Waals surface area contributed by atoms with Crippen LogP contribution >= 0.6 is 0 Å². The van der Waals surface area contributed by atoms with E-state index in [1.807, 2.05) is 31.2 Å². The lowest BCUT2D eigenvalue weighted by Crippen LogP contribution is -2.09. The van der Waals surface area contributed by atoms with E-state index in [1.165, 1.54) is 18.2 Å². The van der Waals surface area contributed by atoms with Gasteiger partial charge in [0.2, 0.25) is 5.91 Å². The topological polar surface area (TPSA) is 38.3 Å². The maximum Gasteiger partial charge on any atom is 0.387 e. The molecular formula is C18H17F2NO2. The number of alkyl halides is 2. The summed E-state index contributed by atoms with van der Waals surface area (Å²) in [7, 11) is 0. The second-order valence-corrected chi connectivity index (χ2v) is 4.78. The number of anilines is 1. The summed E-state index contributed by atoms with van der Waals surface area (Å²) >= 11 is 0. The minimum absolute atomic E-state index is 0.0819. The van der Waals surface area contributed by atoms with Gasteiger partial charge in [0, 0.05) is 11.8 Å². The molecule has 0 saturated carbocycles. The largest absolute Gasteiger partial charge is 0.435 e. The zero-order valence-corrected chi connectivity index (χ0v) is 12.6. The number of ether oxygens (including phenoxy) is 1. The van der Waals surface area contributed by atoms with Crippen LogP contribution in [0.2, 0.25) is 0 Å². The molecule has 0 fully saturated rings. The van der Waals surface area contributed by atoms with E-state index in [-0.39, 0.29) is 11.7 Å². The van der Waals surface area contributed by atoms with Crippen molar-refractivity contribution in [2.45, 2.75) is 20.0 Å². The van der Waals surface area contributed by atoms with Crippen LogP contribution in [0.5, 0.6) is 5.75 Å². The van der Waals surface area contributed by atoms with Gasteiger partial charge in [-0.25, -0.2) is 0 Å². The number of hydrogen-bond acceptors (Lipinski definition) is 2. The molecule has 2 aromatic carbocycles. The van der Waals surface area contributed by atoms with E-state index in [0.717, 1.165) is 17.7 Å². The van der Waals surface area contributed by atoms with E-state index >= 15 is 0 Å². The van der Waals surface area contributed by atoms with E-state index < -0.39 is 6.61 Å². The minimum atomic E-state index is -2.85. The van der Waals surface area contributed by atoms with Gasteiger partial charge in [-0.15, -0.1) is 0 Å². The summed E-state index contributed by atoms with van der Waals surface area (Å²) in [6.45, 7) is -0.829. The SMILES string of the molecule is CCc1ccccc1NC(=O)/C=C/c1ccc(OC(F)F)cc1. The van der Waals surface area contributed by atoms with Crippen LogP contribution in [0, 0.1) is 0 Å². The number of benzene rings is 2. The first kappa shape index (κ1) is 16.7. The average molecular weight is 317 g/mol. The van der Waals surface area contributed by atoms with Gasteiger partial charge in [0.25, 0.3) is 0 Å². The summed E-state index contributed by atoms with van der Waals surface area (Å²) in [4.78, 5) is 11.9. The van der Waals surface area contributed by atoms with Crippen molar-refractivity contribution in [2.24, 2.45) is 0 Å². The molecule has 0 aliphatic rings. The molecule has 0 unspecified atom stereocenters. The fourth-order valence-corrected chi connectivity index (χ4v) is 2.06. The van der Waals surface area contributed by atoms with Gasteiger partial charge in [-0.3, -0.25) is 4.79 Å². The van der Waals surface area contributed by atoms with E-state index in [1.54, 1.807) is 18.2 Å². The fourth-order valence-electron chi connectivity index (χ4n) is 2.06. The summed E-state index contributed by atoms with van der Waals surface area (Å²) in [6.07, 6.45) is 3.83. The molecule has 23 heavy (non-hydrogen) atoms. The van der Waals surface area contributed by atoms with E-state index in [0.29, 0.717) is 5.56 Å². The van der Waals surface area contributed by atoms with Crippen molar-refractivity contribution in [2.75, 3.05) is 5.32 Å². The van der Waals surface area contributed by atoms with Gasteiger partial charge < -0.3 is 10.1 Å². The predicted octanol–water partition coefficient (Wildman–Crippen LogP) is 4.50. The highest BCUT2D eigenvalue weighted by Gasteiger charge is 2.04. The Labute approximate surface area is 133 Å². The maximum atomic E-state index is 12.1. The van der Waals surface area contributed by atoms with Crippen molar-refractivity contribution < 1.29 is 18.3 Å². The number of halogens is 2. The highest BCUT2D eigenvalue weighted by atomic mass is 19.3. The Morgan fingerprint density at radius 2 is 1.87 bits per heavy atom. The molecule has 0 radical (unpaired) electrons. The van der Waals surface area contributed by atoms with Gasteiger partial charge in [0.1, 0.15) is 5.75 Å². The van der Waals surface area contributed by atoms with Gasteiger partial charge >= 0.3 is 6.61 Å². The lowest BCUT2D eigenvalue weighted by Gasteiger charge is -2.07. The molecule has 5 heteroatoms. The summed E-state index contributed by atoms with van der Waals surface area (Å²) in [5.41, 5.74) is 2.55. The Bertz CT molecular complexity index is 682. The summed E-state index contributed by atoms with van der Waals surface area (Å²) in [6, 6.07) is 13.6. The van der Waals surface area contributed by atoms with Gasteiger partial charge in [-0.05, 0) is 41.8 Å². The van der Waals surface area contributed by atoms with Crippen LogP contribution in [0.1, 0.15) is 18.1 Å². The van der Waals surface area contributed by atoms with Crippen molar-refractivity contribution in [3.8, 4) is 5.75 Å². The highest BCUT2D eigenvalue weighted by molar-refractivity contribution is 6.02. The minimum Gasteiger partial charge on any atom is -0.435 e. The first-order valence-corrected chi connectivity index (χ1v) is 7.20. The Balaban J connectivity index is 1.98. The molecule has 0 aliphatic heterocycles. The van der Waals surface area contributed by atoms with Crippen molar-refractivity contribution in [1.82, 2.24) is 0 Å². The standard InChI is InChI=1S/C18H17F2NO2/c1-2-14-5-3-4-6-16(14)21-17(22)12-9-13-7-10-15(11-8-13)23-18(19)20/h3-12,18H,2H2,1H3,(H,21,22)/b12-9+. The number of aryl methyl sites for hydroxylation is 1. The lowest BCUT2D eigenvalue weighted by atomic mass is 10.1. The quantitative estimate of drug-likeness (QED) is 0.797. The van der Waals surface area contributed by atoms with Crippen LogP contribution < -0.4 is 10.1 Å². The molecule has 1 amide bonds. The Hall–Kier alpha value is -2.69. The number of carbonyl (C=O) groups excluding carboxylic acids is 1. The zero-order chi connectivity index (χ0) is 16.7. The number of para-hydroxylation sites is 1. The molecule has 2 aromatic rings. The van der Waals surface area contributed by atoms with Crippen LogP contribution in [0.15, 0.2) is 54.6 Å². The van der Waals surface area contributed by atoms with Crippen LogP contribution in [-0.2, 0) is 11.2 Å². The molecule has 0 heterocycles. The van der Waals surface area contributed by atoms with Crippen LogP contribution in [0.25, 0.3) is 6.08 Å². The summed E-state index contributed by atoms with van der Waals surface area (Å²) < 4.78 is 28.4. The first-order chi connectivity index (χ1) is 11.1. The van der Waals surface area contributed by atoms with Crippen molar-refractivity contribution in [3.63, 3.8) is 0 Å². The number of carbonyl (C=O) groups is 1. The van der Waals surface area contributed by atoms with Crippen molar-refractivity contribution in [1.29, 1.82) is 0 Å². The molecule has 0 bridgehead atoms. The molecule has 0 atom stereocenters. The van der Waals surface area contributed by atoms with Crippen LogP contribution in [0.4, 0.5) is 14.5 Å². The van der Waals surface area contributed by atoms with Crippen LogP contribution in [-0.4, -0.2) is 12.5 Å². The van der Waals surface area contributed by atoms with Gasteiger partial charge in [-0.2, -0.15) is 8.78 Å². The molecule has 0 spiro atoms. The van der Waals surface area contributed by atoms with E-state index in [9.17, 15) is 13.6 Å². The van der Waals surface area contributed by atoms with E-state index in [2.05, 4.69) is 10.1 Å². The lowest BCUT2D eigenvalue weighted by molar-refractivity contribution is -0.111. The zero-order valence-electron chi connectivity index (χ0n) is 12.6. The third-order valence-electron chi connectivity index (χ3n) is 3.19. The third kappa shape index (κ3) is 5.21. The fraction of sp³-hybridized carbons (Fsp3) is 0.167. The third-order valence-corrected chi connectivity index (χ3v) is 3.19. The van der Waals surface area contributed by atoms with E-state index in [4.69, 9.17) is 0 Å². The summed E-state index contributed by atoms with van der Waals surface area (Å²) in [5, 5.41) is 2.82. The molecule has 0 saturated heterocycles. The molecule has 1 N–H and O–H groups in total. The molecule has 0 aromatic heterocycles. The number of nitrogens with one attached hydrogen (secondary N) is 1. The monoisotopic (exact) mass is 317 g/mol. The first-order valence-electron chi connectivity index (χ1n) is 7.20.